The van der Waals surface area contributed by atoms with Gasteiger partial charge in [0.05, 0.1) is 11.1 Å². The second-order valence-corrected chi connectivity index (χ2v) is 6.29. The molecule has 0 fully saturated rings. The minimum Gasteiger partial charge on any atom is -0.506 e. The van der Waals surface area contributed by atoms with Gasteiger partial charge >= 0.3 is 6.09 Å². The number of aliphatic hydroxyl groups is 2. The molecular formula is C15H22ClNO5. The highest BCUT2D eigenvalue weighted by Gasteiger charge is 2.22. The number of aromatic hydroxyl groups is 1. The second-order valence-electron chi connectivity index (χ2n) is 5.91. The number of hydrogen-bond acceptors (Lipinski definition) is 5. The SMILES string of the molecule is CC(C)(C)OC(=O)NCCC(O)C(O)c1cccc(O)c1Cl. The average Bonchev–Trinajstić information content (AvgIpc) is 2.39. The van der Waals surface area contributed by atoms with Crippen LogP contribution >= 0.6 is 11.6 Å². The zero-order valence-corrected chi connectivity index (χ0v) is 13.6. The first-order valence-corrected chi connectivity index (χ1v) is 7.30. The minimum atomic E-state index is -1.26. The van der Waals surface area contributed by atoms with E-state index in [0.29, 0.717) is 0 Å². The highest BCUT2D eigenvalue weighted by Crippen LogP contribution is 2.32. The first kappa shape index (κ1) is 18.5. The van der Waals surface area contributed by atoms with E-state index in [4.69, 9.17) is 16.3 Å². The summed E-state index contributed by atoms with van der Waals surface area (Å²) < 4.78 is 5.05. The number of amides is 1. The van der Waals surface area contributed by atoms with Gasteiger partial charge in [-0.25, -0.2) is 4.79 Å². The Morgan fingerprint density at radius 1 is 1.36 bits per heavy atom. The van der Waals surface area contributed by atoms with Crippen molar-refractivity contribution in [2.24, 2.45) is 0 Å². The van der Waals surface area contributed by atoms with Crippen molar-refractivity contribution < 1.29 is 24.9 Å². The Hall–Kier alpha value is -1.50. The molecule has 1 aromatic carbocycles. The highest BCUT2D eigenvalue weighted by atomic mass is 35.5. The molecule has 22 heavy (non-hydrogen) atoms. The molecule has 4 N–H and O–H groups in total. The molecule has 0 aliphatic heterocycles. The van der Waals surface area contributed by atoms with E-state index >= 15 is 0 Å². The van der Waals surface area contributed by atoms with Crippen molar-refractivity contribution in [3.8, 4) is 5.75 Å². The van der Waals surface area contributed by atoms with Crippen LogP contribution in [0.3, 0.4) is 0 Å². The predicted molar refractivity (Wildman–Crippen MR) is 82.9 cm³/mol. The quantitative estimate of drug-likeness (QED) is 0.664. The zero-order chi connectivity index (χ0) is 16.9. The van der Waals surface area contributed by atoms with Gasteiger partial charge in [-0.2, -0.15) is 0 Å². The molecule has 2 atom stereocenters. The van der Waals surface area contributed by atoms with Crippen LogP contribution in [0.25, 0.3) is 0 Å². The molecule has 0 saturated heterocycles. The molecule has 0 bridgehead atoms. The summed E-state index contributed by atoms with van der Waals surface area (Å²) >= 11 is 5.88. The maximum atomic E-state index is 11.4. The largest absolute Gasteiger partial charge is 0.506 e. The number of aliphatic hydroxyl groups excluding tert-OH is 2. The van der Waals surface area contributed by atoms with Gasteiger partial charge in [0.15, 0.2) is 0 Å². The second kappa shape index (κ2) is 7.67. The number of nitrogens with one attached hydrogen (secondary N) is 1. The van der Waals surface area contributed by atoms with Crippen LogP contribution in [-0.2, 0) is 4.74 Å². The Labute approximate surface area is 134 Å². The number of carbonyl (C=O) groups is 1. The van der Waals surface area contributed by atoms with Crippen molar-refractivity contribution in [2.75, 3.05) is 6.54 Å². The zero-order valence-electron chi connectivity index (χ0n) is 12.8. The van der Waals surface area contributed by atoms with Crippen molar-refractivity contribution in [1.29, 1.82) is 0 Å². The Morgan fingerprint density at radius 3 is 2.59 bits per heavy atom. The number of ether oxygens (including phenoxy) is 1. The average molecular weight is 332 g/mol. The number of phenols is 1. The third-order valence-electron chi connectivity index (χ3n) is 2.80. The van der Waals surface area contributed by atoms with Crippen LogP contribution in [-0.4, -0.2) is 39.7 Å². The fourth-order valence-corrected chi connectivity index (χ4v) is 2.00. The summed E-state index contributed by atoms with van der Waals surface area (Å²) in [5.74, 6) is -0.169. The lowest BCUT2D eigenvalue weighted by atomic mass is 10.0. The van der Waals surface area contributed by atoms with Crippen molar-refractivity contribution in [2.45, 2.75) is 45.0 Å². The van der Waals surface area contributed by atoms with E-state index in [2.05, 4.69) is 5.32 Å². The van der Waals surface area contributed by atoms with Crippen molar-refractivity contribution in [1.82, 2.24) is 5.32 Å². The number of hydrogen-bond donors (Lipinski definition) is 4. The molecule has 1 aromatic rings. The normalized spacial score (nSPS) is 14.3. The topological polar surface area (TPSA) is 99.0 Å². The smallest absolute Gasteiger partial charge is 0.407 e. The number of rotatable bonds is 5. The standard InChI is InChI=1S/C15H22ClNO5/c1-15(2,3)22-14(21)17-8-7-11(19)13(20)9-5-4-6-10(18)12(9)16/h4-6,11,13,18-20H,7-8H2,1-3H3,(H,17,21). The monoisotopic (exact) mass is 331 g/mol. The number of phenolic OH excluding ortho intramolecular Hbond substituents is 1. The number of carbonyl (C=O) groups excluding carboxylic acids is 1. The fraction of sp³-hybridized carbons (Fsp3) is 0.533. The van der Waals surface area contributed by atoms with E-state index in [1.165, 1.54) is 18.2 Å². The molecular weight excluding hydrogens is 310 g/mol. The Bertz CT molecular complexity index is 515. The minimum absolute atomic E-state index is 0.00542. The van der Waals surface area contributed by atoms with Gasteiger partial charge in [-0.3, -0.25) is 0 Å². The van der Waals surface area contributed by atoms with E-state index < -0.39 is 23.9 Å². The molecule has 0 heterocycles. The first-order chi connectivity index (χ1) is 10.1. The van der Waals surface area contributed by atoms with E-state index in [1.54, 1.807) is 20.8 Å². The number of halogens is 1. The lowest BCUT2D eigenvalue weighted by molar-refractivity contribution is 0.0123. The Kier molecular flexibility index (Phi) is 6.47. The molecule has 0 spiro atoms. The summed E-state index contributed by atoms with van der Waals surface area (Å²) in [4.78, 5) is 11.4. The summed E-state index contributed by atoms with van der Waals surface area (Å²) in [6.45, 7) is 5.36. The summed E-state index contributed by atoms with van der Waals surface area (Å²) in [6.07, 6.45) is -2.90. The summed E-state index contributed by atoms with van der Waals surface area (Å²) in [5, 5.41) is 32.0. The van der Waals surface area contributed by atoms with Gasteiger partial charge in [0.25, 0.3) is 0 Å². The molecule has 2 unspecified atom stereocenters. The third kappa shape index (κ3) is 5.71. The van der Waals surface area contributed by atoms with Crippen LogP contribution in [0.4, 0.5) is 4.79 Å². The molecule has 0 aromatic heterocycles. The van der Waals surface area contributed by atoms with Crippen molar-refractivity contribution >= 4 is 17.7 Å². The molecule has 0 aliphatic rings. The van der Waals surface area contributed by atoms with Gasteiger partial charge in [0, 0.05) is 12.1 Å². The van der Waals surface area contributed by atoms with E-state index in [0.717, 1.165) is 0 Å². The molecule has 0 radical (unpaired) electrons. The molecule has 0 saturated carbocycles. The van der Waals surface area contributed by atoms with Crippen LogP contribution < -0.4 is 5.32 Å². The van der Waals surface area contributed by atoms with Crippen LogP contribution in [0.2, 0.25) is 5.02 Å². The van der Waals surface area contributed by atoms with Crippen LogP contribution in [0, 0.1) is 0 Å². The molecule has 124 valence electrons. The van der Waals surface area contributed by atoms with Crippen molar-refractivity contribution in [3.63, 3.8) is 0 Å². The van der Waals surface area contributed by atoms with Gasteiger partial charge in [-0.15, -0.1) is 0 Å². The van der Waals surface area contributed by atoms with E-state index in [9.17, 15) is 20.1 Å². The third-order valence-corrected chi connectivity index (χ3v) is 3.21. The van der Waals surface area contributed by atoms with Gasteiger partial charge in [-0.1, -0.05) is 23.7 Å². The van der Waals surface area contributed by atoms with Gasteiger partial charge in [0.2, 0.25) is 0 Å². The van der Waals surface area contributed by atoms with Crippen LogP contribution in [0.15, 0.2) is 18.2 Å². The predicted octanol–water partition coefficient (Wildman–Crippen LogP) is 2.35. The molecule has 7 heteroatoms. The van der Waals surface area contributed by atoms with Crippen LogP contribution in [0.5, 0.6) is 5.75 Å². The van der Waals surface area contributed by atoms with E-state index in [1.807, 2.05) is 0 Å². The Balaban J connectivity index is 2.50. The maximum Gasteiger partial charge on any atom is 0.407 e. The maximum absolute atomic E-state index is 11.4. The summed E-state index contributed by atoms with van der Waals surface area (Å²) in [7, 11) is 0. The molecule has 1 amide bonds. The summed E-state index contributed by atoms with van der Waals surface area (Å²) in [6, 6.07) is 4.41. The lowest BCUT2D eigenvalue weighted by Crippen LogP contribution is -2.34. The van der Waals surface area contributed by atoms with Gasteiger partial charge in [-0.05, 0) is 33.3 Å². The Morgan fingerprint density at radius 2 is 2.00 bits per heavy atom. The highest BCUT2D eigenvalue weighted by molar-refractivity contribution is 6.32. The molecule has 0 aliphatic carbocycles. The number of alkyl carbamates (subject to hydrolysis) is 1. The first-order valence-electron chi connectivity index (χ1n) is 6.92. The molecule has 6 nitrogen and oxygen atoms in total. The lowest BCUT2D eigenvalue weighted by Gasteiger charge is -2.21. The van der Waals surface area contributed by atoms with Gasteiger partial charge < -0.3 is 25.4 Å². The van der Waals surface area contributed by atoms with Crippen molar-refractivity contribution in [3.05, 3.63) is 28.8 Å². The van der Waals surface area contributed by atoms with E-state index in [-0.39, 0.29) is 29.3 Å². The van der Waals surface area contributed by atoms with Gasteiger partial charge in [0.1, 0.15) is 17.5 Å². The number of benzene rings is 1. The molecule has 1 rings (SSSR count). The summed E-state index contributed by atoms with van der Waals surface area (Å²) in [5.41, 5.74) is -0.372. The fourth-order valence-electron chi connectivity index (χ4n) is 1.77. The van der Waals surface area contributed by atoms with Crippen LogP contribution in [0.1, 0.15) is 38.9 Å².